The van der Waals surface area contributed by atoms with Crippen molar-refractivity contribution in [2.75, 3.05) is 5.32 Å². The Morgan fingerprint density at radius 1 is 1.03 bits per heavy atom. The van der Waals surface area contributed by atoms with Crippen molar-refractivity contribution in [2.24, 2.45) is 0 Å². The summed E-state index contributed by atoms with van der Waals surface area (Å²) in [4.78, 5) is 24.0. The standard InChI is InChI=1S/C24H32N2O3/c1-6-7-23(27)26-20-10-8-19(9-11-20)15-25-24(28)18(5)29-21-12-13-22(16(2)3)17(4)14-21/h8-14,16,18H,6-7,15H2,1-5H3,(H,25,28)(H,26,27). The number of rotatable bonds is 9. The average Bonchev–Trinajstić information content (AvgIpc) is 2.67. The third-order valence-electron chi connectivity index (χ3n) is 4.73. The second-order valence-electron chi connectivity index (χ2n) is 7.65. The van der Waals surface area contributed by atoms with Gasteiger partial charge in [-0.1, -0.05) is 39.0 Å². The molecule has 0 aliphatic carbocycles. The highest BCUT2D eigenvalue weighted by molar-refractivity contribution is 5.90. The molecule has 0 spiro atoms. The van der Waals surface area contributed by atoms with Gasteiger partial charge in [-0.25, -0.2) is 0 Å². The van der Waals surface area contributed by atoms with Crippen LogP contribution in [0.3, 0.4) is 0 Å². The summed E-state index contributed by atoms with van der Waals surface area (Å²) in [5.74, 6) is 0.991. The zero-order chi connectivity index (χ0) is 21.4. The van der Waals surface area contributed by atoms with E-state index in [-0.39, 0.29) is 11.8 Å². The van der Waals surface area contributed by atoms with Crippen LogP contribution in [0.2, 0.25) is 0 Å². The lowest BCUT2D eigenvalue weighted by atomic mass is 9.98. The van der Waals surface area contributed by atoms with E-state index in [4.69, 9.17) is 4.74 Å². The van der Waals surface area contributed by atoms with E-state index in [1.54, 1.807) is 6.92 Å². The number of benzene rings is 2. The first kappa shape index (κ1) is 22.5. The maximum absolute atomic E-state index is 12.4. The summed E-state index contributed by atoms with van der Waals surface area (Å²) >= 11 is 0. The molecule has 156 valence electrons. The van der Waals surface area contributed by atoms with Crippen LogP contribution in [0.1, 0.15) is 63.1 Å². The van der Waals surface area contributed by atoms with Crippen LogP contribution in [0.5, 0.6) is 5.75 Å². The molecule has 1 unspecified atom stereocenters. The largest absolute Gasteiger partial charge is 0.481 e. The average molecular weight is 397 g/mol. The van der Waals surface area contributed by atoms with Crippen LogP contribution in [0.25, 0.3) is 0 Å². The van der Waals surface area contributed by atoms with Crippen LogP contribution in [0.4, 0.5) is 5.69 Å². The van der Waals surface area contributed by atoms with Gasteiger partial charge in [0, 0.05) is 18.7 Å². The molecule has 0 fully saturated rings. The Labute approximate surface area is 173 Å². The molecular formula is C24H32N2O3. The molecule has 0 radical (unpaired) electrons. The van der Waals surface area contributed by atoms with Crippen LogP contribution in [0, 0.1) is 6.92 Å². The first-order chi connectivity index (χ1) is 13.8. The third-order valence-corrected chi connectivity index (χ3v) is 4.73. The van der Waals surface area contributed by atoms with E-state index >= 15 is 0 Å². The molecule has 2 N–H and O–H groups in total. The van der Waals surface area contributed by atoms with Gasteiger partial charge in [0.15, 0.2) is 6.10 Å². The van der Waals surface area contributed by atoms with Crippen molar-refractivity contribution in [3.8, 4) is 5.75 Å². The highest BCUT2D eigenvalue weighted by atomic mass is 16.5. The number of anilines is 1. The maximum Gasteiger partial charge on any atom is 0.261 e. The molecule has 0 aliphatic rings. The summed E-state index contributed by atoms with van der Waals surface area (Å²) in [6.45, 7) is 10.5. The van der Waals surface area contributed by atoms with Gasteiger partial charge in [0.2, 0.25) is 5.91 Å². The maximum atomic E-state index is 12.4. The van der Waals surface area contributed by atoms with E-state index in [1.807, 2.05) is 43.3 Å². The third kappa shape index (κ3) is 6.93. The smallest absolute Gasteiger partial charge is 0.261 e. The van der Waals surface area contributed by atoms with Crippen molar-refractivity contribution in [1.82, 2.24) is 5.32 Å². The molecular weight excluding hydrogens is 364 g/mol. The second kappa shape index (κ2) is 10.6. The molecule has 29 heavy (non-hydrogen) atoms. The number of amides is 2. The summed E-state index contributed by atoms with van der Waals surface area (Å²) in [5.41, 5.74) is 4.16. The lowest BCUT2D eigenvalue weighted by Crippen LogP contribution is -2.35. The van der Waals surface area contributed by atoms with Crippen LogP contribution in [0.15, 0.2) is 42.5 Å². The first-order valence-electron chi connectivity index (χ1n) is 10.2. The minimum atomic E-state index is -0.591. The predicted octanol–water partition coefficient (Wildman–Crippen LogP) is 4.94. The van der Waals surface area contributed by atoms with Crippen LogP contribution in [-0.4, -0.2) is 17.9 Å². The molecule has 5 heteroatoms. The van der Waals surface area contributed by atoms with Crippen molar-refractivity contribution >= 4 is 17.5 Å². The van der Waals surface area contributed by atoms with Crippen LogP contribution >= 0.6 is 0 Å². The number of hydrogen-bond acceptors (Lipinski definition) is 3. The number of carbonyl (C=O) groups excluding carboxylic acids is 2. The summed E-state index contributed by atoms with van der Waals surface area (Å²) in [7, 11) is 0. The van der Waals surface area contributed by atoms with Crippen molar-refractivity contribution < 1.29 is 14.3 Å². The minimum absolute atomic E-state index is 0.0104. The molecule has 0 saturated heterocycles. The second-order valence-corrected chi connectivity index (χ2v) is 7.65. The van der Waals surface area contributed by atoms with Gasteiger partial charge in [0.1, 0.15) is 5.75 Å². The zero-order valence-electron chi connectivity index (χ0n) is 18.0. The molecule has 0 heterocycles. The Balaban J connectivity index is 1.85. The molecule has 2 rings (SSSR count). The molecule has 0 saturated carbocycles. The summed E-state index contributed by atoms with van der Waals surface area (Å²) in [6.07, 6.45) is 0.736. The number of ether oxygens (including phenoxy) is 1. The van der Waals surface area contributed by atoms with Gasteiger partial charge < -0.3 is 15.4 Å². The Morgan fingerprint density at radius 3 is 2.31 bits per heavy atom. The fraction of sp³-hybridized carbons (Fsp3) is 0.417. The van der Waals surface area contributed by atoms with Gasteiger partial charge in [-0.15, -0.1) is 0 Å². The molecule has 2 aromatic rings. The Hall–Kier alpha value is -2.82. The highest BCUT2D eigenvalue weighted by Gasteiger charge is 2.15. The van der Waals surface area contributed by atoms with Crippen LogP contribution in [-0.2, 0) is 16.1 Å². The van der Waals surface area contributed by atoms with Gasteiger partial charge in [0.25, 0.3) is 5.91 Å². The number of hydrogen-bond donors (Lipinski definition) is 2. The van der Waals surface area contributed by atoms with Crippen molar-refractivity contribution in [1.29, 1.82) is 0 Å². The van der Waals surface area contributed by atoms with E-state index in [0.717, 1.165) is 23.2 Å². The molecule has 0 aromatic heterocycles. The minimum Gasteiger partial charge on any atom is -0.481 e. The molecule has 0 aliphatic heterocycles. The Bertz CT molecular complexity index is 829. The topological polar surface area (TPSA) is 67.4 Å². The lowest BCUT2D eigenvalue weighted by Gasteiger charge is -2.17. The zero-order valence-corrected chi connectivity index (χ0v) is 18.0. The van der Waals surface area contributed by atoms with Gasteiger partial charge in [-0.05, 0) is 67.1 Å². The fourth-order valence-corrected chi connectivity index (χ4v) is 3.12. The van der Waals surface area contributed by atoms with Gasteiger partial charge in [-0.3, -0.25) is 9.59 Å². The molecule has 0 bridgehead atoms. The van der Waals surface area contributed by atoms with E-state index in [9.17, 15) is 9.59 Å². The van der Waals surface area contributed by atoms with Crippen LogP contribution < -0.4 is 15.4 Å². The summed E-state index contributed by atoms with van der Waals surface area (Å²) in [6, 6.07) is 13.4. The monoisotopic (exact) mass is 396 g/mol. The normalized spacial score (nSPS) is 11.8. The predicted molar refractivity (Wildman–Crippen MR) is 117 cm³/mol. The van der Waals surface area contributed by atoms with E-state index in [0.29, 0.717) is 24.6 Å². The molecule has 5 nitrogen and oxygen atoms in total. The fourth-order valence-electron chi connectivity index (χ4n) is 3.12. The molecule has 2 amide bonds. The molecule has 1 atom stereocenters. The number of carbonyl (C=O) groups is 2. The van der Waals surface area contributed by atoms with Crippen molar-refractivity contribution in [3.05, 3.63) is 59.2 Å². The first-order valence-corrected chi connectivity index (χ1v) is 10.2. The van der Waals surface area contributed by atoms with Gasteiger partial charge >= 0.3 is 0 Å². The summed E-state index contributed by atoms with van der Waals surface area (Å²) < 4.78 is 5.81. The van der Waals surface area contributed by atoms with Gasteiger partial charge in [0.05, 0.1) is 0 Å². The van der Waals surface area contributed by atoms with E-state index in [1.165, 1.54) is 5.56 Å². The van der Waals surface area contributed by atoms with Gasteiger partial charge in [-0.2, -0.15) is 0 Å². The quantitative estimate of drug-likeness (QED) is 0.631. The highest BCUT2D eigenvalue weighted by Crippen LogP contribution is 2.24. The SMILES string of the molecule is CCCC(=O)Nc1ccc(CNC(=O)C(C)Oc2ccc(C(C)C)c(C)c2)cc1. The van der Waals surface area contributed by atoms with E-state index < -0.39 is 6.10 Å². The van der Waals surface area contributed by atoms with Crippen molar-refractivity contribution in [3.63, 3.8) is 0 Å². The van der Waals surface area contributed by atoms with E-state index in [2.05, 4.69) is 37.5 Å². The molecule has 2 aromatic carbocycles. The Morgan fingerprint density at radius 2 is 1.72 bits per heavy atom. The number of aryl methyl sites for hydroxylation is 1. The lowest BCUT2D eigenvalue weighted by molar-refractivity contribution is -0.127. The van der Waals surface area contributed by atoms with Crippen molar-refractivity contribution in [2.45, 2.75) is 66.0 Å². The number of nitrogens with one attached hydrogen (secondary N) is 2. The Kier molecular flexibility index (Phi) is 8.25. The summed E-state index contributed by atoms with van der Waals surface area (Å²) in [5, 5.41) is 5.74.